The molecule has 20 heavy (non-hydrogen) atoms. The quantitative estimate of drug-likeness (QED) is 0.779. The molecule has 1 aromatic carbocycles. The average Bonchev–Trinajstić information content (AvgIpc) is 2.36. The molecule has 0 aliphatic carbocycles. The van der Waals surface area contributed by atoms with Gasteiger partial charge in [-0.3, -0.25) is 0 Å². The average molecular weight is 294 g/mol. The Morgan fingerprint density at radius 2 is 1.85 bits per heavy atom. The second kappa shape index (κ2) is 8.09. The van der Waals surface area contributed by atoms with Crippen LogP contribution in [0.3, 0.4) is 0 Å². The predicted molar refractivity (Wildman–Crippen MR) is 93.9 cm³/mol. The fraction of sp³-hybridized carbons (Fsp3) is 0.667. The molecule has 1 N–H and O–H groups in total. The van der Waals surface area contributed by atoms with Crippen LogP contribution in [0.5, 0.6) is 0 Å². The van der Waals surface area contributed by atoms with Gasteiger partial charge < -0.3 is 5.32 Å². The van der Waals surface area contributed by atoms with Gasteiger partial charge in [-0.15, -0.1) is 0 Å². The van der Waals surface area contributed by atoms with Crippen LogP contribution in [0.4, 0.5) is 0 Å². The fourth-order valence-corrected chi connectivity index (χ4v) is 3.04. The Morgan fingerprint density at radius 1 is 1.15 bits per heavy atom. The summed E-state index contributed by atoms with van der Waals surface area (Å²) in [5, 5.41) is 3.70. The summed E-state index contributed by atoms with van der Waals surface area (Å²) in [7, 11) is 0. The normalized spacial score (nSPS) is 13.5. The van der Waals surface area contributed by atoms with E-state index in [1.165, 1.54) is 28.9 Å². The minimum Gasteiger partial charge on any atom is -0.313 e. The third kappa shape index (κ3) is 6.81. The van der Waals surface area contributed by atoms with Crippen LogP contribution in [0.25, 0.3) is 0 Å². The Labute approximate surface area is 129 Å². The molecule has 0 aromatic heterocycles. The lowest BCUT2D eigenvalue weighted by Gasteiger charge is -2.24. The van der Waals surface area contributed by atoms with Crippen LogP contribution in [-0.4, -0.2) is 23.1 Å². The van der Waals surface area contributed by atoms with Gasteiger partial charge in [0.1, 0.15) is 0 Å². The minimum atomic E-state index is 0.343. The molecule has 0 heterocycles. The first kappa shape index (κ1) is 17.6. The first-order valence-corrected chi connectivity index (χ1v) is 8.74. The summed E-state index contributed by atoms with van der Waals surface area (Å²) in [5.41, 5.74) is 4.24. The molecule has 0 aliphatic rings. The Kier molecular flexibility index (Phi) is 7.11. The van der Waals surface area contributed by atoms with E-state index in [4.69, 9.17) is 0 Å². The lowest BCUT2D eigenvalue weighted by Crippen LogP contribution is -2.35. The number of benzene rings is 1. The summed E-state index contributed by atoms with van der Waals surface area (Å²) in [4.78, 5) is 0. The van der Waals surface area contributed by atoms with Crippen LogP contribution in [0.2, 0.25) is 0 Å². The molecule has 0 saturated heterocycles. The van der Waals surface area contributed by atoms with E-state index in [2.05, 4.69) is 76.8 Å². The van der Waals surface area contributed by atoms with Crippen molar-refractivity contribution in [2.45, 2.75) is 65.2 Å². The zero-order valence-corrected chi connectivity index (χ0v) is 14.9. The van der Waals surface area contributed by atoms with Crippen LogP contribution in [0.15, 0.2) is 18.2 Å². The van der Waals surface area contributed by atoms with Crippen LogP contribution < -0.4 is 5.32 Å². The van der Waals surface area contributed by atoms with E-state index < -0.39 is 0 Å². The molecule has 1 unspecified atom stereocenters. The first-order chi connectivity index (χ1) is 9.31. The molecule has 114 valence electrons. The van der Waals surface area contributed by atoms with E-state index >= 15 is 0 Å². The third-order valence-electron chi connectivity index (χ3n) is 3.45. The van der Waals surface area contributed by atoms with E-state index in [1.54, 1.807) is 0 Å². The van der Waals surface area contributed by atoms with Crippen molar-refractivity contribution in [3.05, 3.63) is 34.9 Å². The SMILES string of the molecule is CCCNC(CSC(C)(C)C)Cc1ccc(C)c(C)c1. The molecule has 1 nitrogen and oxygen atoms in total. The van der Waals surface area contributed by atoms with Crippen molar-refractivity contribution >= 4 is 11.8 Å². The van der Waals surface area contributed by atoms with Gasteiger partial charge in [-0.25, -0.2) is 0 Å². The van der Waals surface area contributed by atoms with Gasteiger partial charge in [0, 0.05) is 16.5 Å². The van der Waals surface area contributed by atoms with Crippen molar-refractivity contribution in [3.8, 4) is 0 Å². The van der Waals surface area contributed by atoms with Crippen LogP contribution in [0, 0.1) is 13.8 Å². The highest BCUT2D eigenvalue weighted by molar-refractivity contribution is 8.00. The smallest absolute Gasteiger partial charge is 0.0198 e. The van der Waals surface area contributed by atoms with Crippen molar-refractivity contribution in [1.29, 1.82) is 0 Å². The number of nitrogens with one attached hydrogen (secondary N) is 1. The van der Waals surface area contributed by atoms with Crippen molar-refractivity contribution in [2.75, 3.05) is 12.3 Å². The molecule has 0 bridgehead atoms. The molecule has 0 amide bonds. The molecule has 0 fully saturated rings. The van der Waals surface area contributed by atoms with Gasteiger partial charge in [0.15, 0.2) is 0 Å². The van der Waals surface area contributed by atoms with E-state index in [0.717, 1.165) is 13.0 Å². The predicted octanol–water partition coefficient (Wildman–Crippen LogP) is 4.75. The lowest BCUT2D eigenvalue weighted by molar-refractivity contribution is 0.548. The summed E-state index contributed by atoms with van der Waals surface area (Å²) in [5.74, 6) is 1.18. The Balaban J connectivity index is 2.65. The maximum absolute atomic E-state index is 3.70. The summed E-state index contributed by atoms with van der Waals surface area (Å²) < 4.78 is 0.343. The van der Waals surface area contributed by atoms with Crippen molar-refractivity contribution in [2.24, 2.45) is 0 Å². The highest BCUT2D eigenvalue weighted by Crippen LogP contribution is 2.24. The second-order valence-corrected chi connectivity index (χ2v) is 8.54. The first-order valence-electron chi connectivity index (χ1n) is 7.75. The van der Waals surface area contributed by atoms with Crippen molar-refractivity contribution in [1.82, 2.24) is 5.32 Å². The number of aryl methyl sites for hydroxylation is 2. The van der Waals surface area contributed by atoms with Crippen LogP contribution in [0.1, 0.15) is 50.8 Å². The topological polar surface area (TPSA) is 12.0 Å². The van der Waals surface area contributed by atoms with Crippen LogP contribution >= 0.6 is 11.8 Å². The summed E-state index contributed by atoms with van der Waals surface area (Å²) in [6, 6.07) is 7.45. The molecular formula is C18H31NS. The van der Waals surface area contributed by atoms with Crippen LogP contribution in [-0.2, 0) is 6.42 Å². The zero-order valence-electron chi connectivity index (χ0n) is 14.0. The van der Waals surface area contributed by atoms with Gasteiger partial charge >= 0.3 is 0 Å². The summed E-state index contributed by atoms with van der Waals surface area (Å²) >= 11 is 2.06. The van der Waals surface area contributed by atoms with Crippen molar-refractivity contribution < 1.29 is 0 Å². The maximum Gasteiger partial charge on any atom is 0.0198 e. The molecule has 0 spiro atoms. The molecule has 1 atom stereocenters. The molecule has 2 heteroatoms. The Hall–Kier alpha value is -0.470. The fourth-order valence-electron chi connectivity index (χ4n) is 2.10. The van der Waals surface area contributed by atoms with E-state index in [1.807, 2.05) is 0 Å². The van der Waals surface area contributed by atoms with Gasteiger partial charge in [-0.05, 0) is 49.9 Å². The standard InChI is InChI=1S/C18H31NS/c1-7-10-19-17(13-20-18(4,5)6)12-16-9-8-14(2)15(3)11-16/h8-9,11,17,19H,7,10,12-13H2,1-6H3. The van der Waals surface area contributed by atoms with E-state index in [0.29, 0.717) is 10.8 Å². The van der Waals surface area contributed by atoms with Gasteiger partial charge in [-0.2, -0.15) is 11.8 Å². The number of thioether (sulfide) groups is 1. The van der Waals surface area contributed by atoms with Crippen molar-refractivity contribution in [3.63, 3.8) is 0 Å². The van der Waals surface area contributed by atoms with E-state index in [9.17, 15) is 0 Å². The lowest BCUT2D eigenvalue weighted by atomic mass is 10.0. The highest BCUT2D eigenvalue weighted by Gasteiger charge is 2.16. The molecule has 1 rings (SSSR count). The van der Waals surface area contributed by atoms with E-state index in [-0.39, 0.29) is 0 Å². The Morgan fingerprint density at radius 3 is 2.40 bits per heavy atom. The molecular weight excluding hydrogens is 262 g/mol. The largest absolute Gasteiger partial charge is 0.313 e. The molecule has 1 aromatic rings. The number of hydrogen-bond donors (Lipinski definition) is 1. The zero-order chi connectivity index (χ0) is 15.2. The molecule has 0 radical (unpaired) electrons. The highest BCUT2D eigenvalue weighted by atomic mass is 32.2. The maximum atomic E-state index is 3.70. The van der Waals surface area contributed by atoms with Gasteiger partial charge in [-0.1, -0.05) is 45.9 Å². The Bertz CT molecular complexity index is 406. The third-order valence-corrected chi connectivity index (χ3v) is 4.89. The number of rotatable bonds is 7. The van der Waals surface area contributed by atoms with Gasteiger partial charge in [0.05, 0.1) is 0 Å². The number of hydrogen-bond acceptors (Lipinski definition) is 2. The minimum absolute atomic E-state index is 0.343. The monoisotopic (exact) mass is 293 g/mol. The second-order valence-electron chi connectivity index (χ2n) is 6.70. The van der Waals surface area contributed by atoms with Gasteiger partial charge in [0.2, 0.25) is 0 Å². The summed E-state index contributed by atoms with van der Waals surface area (Å²) in [6.45, 7) is 14.6. The molecule has 0 saturated carbocycles. The van der Waals surface area contributed by atoms with Gasteiger partial charge in [0.25, 0.3) is 0 Å². The summed E-state index contributed by atoms with van der Waals surface area (Å²) in [6.07, 6.45) is 2.33. The molecule has 0 aliphatic heterocycles.